The Kier molecular flexibility index (Phi) is 2.92. The average Bonchev–Trinajstić information content (AvgIpc) is 2.33. The first kappa shape index (κ1) is 9.45. The summed E-state index contributed by atoms with van der Waals surface area (Å²) in [5, 5.41) is 0. The van der Waals surface area contributed by atoms with Gasteiger partial charge in [0.25, 0.3) is 0 Å². The van der Waals surface area contributed by atoms with E-state index in [-0.39, 0.29) is 0 Å². The van der Waals surface area contributed by atoms with Gasteiger partial charge in [0.15, 0.2) is 0 Å². The summed E-state index contributed by atoms with van der Waals surface area (Å²) in [7, 11) is 0. The van der Waals surface area contributed by atoms with Crippen LogP contribution >= 0.6 is 0 Å². The fourth-order valence-corrected chi connectivity index (χ4v) is 5.70. The molecule has 0 saturated heterocycles. The molecule has 0 fully saturated rings. The fraction of sp³-hybridized carbons (Fsp3) is 0.600. The molecule has 1 atom stereocenters. The molecule has 0 saturated carbocycles. The summed E-state index contributed by atoms with van der Waals surface area (Å²) < 4.78 is 5.54. The van der Waals surface area contributed by atoms with E-state index in [1.807, 2.05) is 0 Å². The van der Waals surface area contributed by atoms with Gasteiger partial charge in [-0.05, 0) is 0 Å². The van der Waals surface area contributed by atoms with Crippen LogP contribution in [0.15, 0.2) is 23.8 Å². The van der Waals surface area contributed by atoms with Crippen molar-refractivity contribution in [3.05, 3.63) is 23.8 Å². The van der Waals surface area contributed by atoms with Crippen LogP contribution in [-0.4, -0.2) is 0 Å². The van der Waals surface area contributed by atoms with Crippen LogP contribution < -0.4 is 0 Å². The van der Waals surface area contributed by atoms with Crippen molar-refractivity contribution >= 4 is 0 Å². The second-order valence-electron chi connectivity index (χ2n) is 3.62. The van der Waals surface area contributed by atoms with Gasteiger partial charge in [-0.1, -0.05) is 0 Å². The normalized spacial score (nSPS) is 28.9. The van der Waals surface area contributed by atoms with Crippen molar-refractivity contribution < 1.29 is 21.8 Å². The predicted molar refractivity (Wildman–Crippen MR) is 47.6 cm³/mol. The van der Waals surface area contributed by atoms with E-state index in [1.165, 1.54) is 12.0 Å². The monoisotopic (exact) mass is 227 g/mol. The molecule has 0 bridgehead atoms. The second-order valence-corrected chi connectivity index (χ2v) is 10.8. The van der Waals surface area contributed by atoms with Gasteiger partial charge in [-0.2, -0.15) is 0 Å². The predicted octanol–water partition coefficient (Wildman–Crippen LogP) is 3.79. The summed E-state index contributed by atoms with van der Waals surface area (Å²) in [5.74, 6) is 0. The Balaban J connectivity index is 2.89. The molecule has 0 aromatic heterocycles. The Bertz CT molecular complexity index is 201. The molecule has 1 rings (SSSR count). The molecule has 0 radical (unpaired) electrons. The van der Waals surface area contributed by atoms with E-state index in [0.717, 1.165) is 0 Å². The molecule has 1 aliphatic rings. The zero-order valence-electron chi connectivity index (χ0n) is 7.94. The fourth-order valence-electron chi connectivity index (χ4n) is 1.67. The van der Waals surface area contributed by atoms with E-state index in [1.54, 1.807) is 0 Å². The van der Waals surface area contributed by atoms with Crippen LogP contribution in [0.25, 0.3) is 0 Å². The molecule has 0 N–H and O–H groups in total. The number of hydrogen-bond acceptors (Lipinski definition) is 0. The van der Waals surface area contributed by atoms with Crippen molar-refractivity contribution in [2.24, 2.45) is 0 Å². The van der Waals surface area contributed by atoms with Crippen molar-refractivity contribution in [1.29, 1.82) is 0 Å². The standard InChI is InChI=1S/C8H11.2CH3.Zr/c1-3-8-5-4-7(2)6-8;;;/h4-6H,3H2,1-2H3;2*1H3;. The van der Waals surface area contributed by atoms with Gasteiger partial charge in [0.1, 0.15) is 0 Å². The number of hydrogen-bond donors (Lipinski definition) is 0. The van der Waals surface area contributed by atoms with Crippen molar-refractivity contribution in [1.82, 2.24) is 0 Å². The van der Waals surface area contributed by atoms with E-state index in [2.05, 4.69) is 41.3 Å². The summed E-state index contributed by atoms with van der Waals surface area (Å²) >= 11 is -1.09. The Labute approximate surface area is 78.1 Å². The Morgan fingerprint density at radius 1 is 1.45 bits per heavy atom. The Morgan fingerprint density at radius 2 is 2.09 bits per heavy atom. The summed E-state index contributed by atoms with van der Waals surface area (Å²) in [5.41, 5.74) is 1.47. The third-order valence-corrected chi connectivity index (χ3v) is 8.85. The first-order valence-electron chi connectivity index (χ1n) is 4.30. The number of rotatable bonds is 2. The molecule has 0 amide bonds. The summed E-state index contributed by atoms with van der Waals surface area (Å²) in [6.07, 6.45) is 8.53. The summed E-state index contributed by atoms with van der Waals surface area (Å²) in [6, 6.07) is 0. The molecule has 1 aliphatic carbocycles. The van der Waals surface area contributed by atoms with Crippen LogP contribution in [0.3, 0.4) is 0 Å². The van der Waals surface area contributed by atoms with Crippen LogP contribution in [0.5, 0.6) is 0 Å². The van der Waals surface area contributed by atoms with Crippen LogP contribution in [0.1, 0.15) is 20.3 Å². The van der Waals surface area contributed by atoms with Gasteiger partial charge in [-0.15, -0.1) is 0 Å². The van der Waals surface area contributed by atoms with Crippen LogP contribution in [0, 0.1) is 0 Å². The van der Waals surface area contributed by atoms with Gasteiger partial charge in [0, 0.05) is 0 Å². The molecule has 0 heterocycles. The van der Waals surface area contributed by atoms with Crippen LogP contribution in [0.2, 0.25) is 12.4 Å². The summed E-state index contributed by atoms with van der Waals surface area (Å²) in [4.78, 5) is 0. The Morgan fingerprint density at radius 3 is 2.27 bits per heavy atom. The Hall–Kier alpha value is 0.363. The molecular formula is C10H17Zr. The molecule has 0 aromatic rings. The quantitative estimate of drug-likeness (QED) is 0.675. The van der Waals surface area contributed by atoms with E-state index >= 15 is 0 Å². The molecular weight excluding hydrogens is 211 g/mol. The first-order chi connectivity index (χ1) is 5.10. The van der Waals surface area contributed by atoms with Gasteiger partial charge in [0.2, 0.25) is 0 Å². The topological polar surface area (TPSA) is 0 Å². The van der Waals surface area contributed by atoms with Gasteiger partial charge in [-0.3, -0.25) is 0 Å². The van der Waals surface area contributed by atoms with Crippen LogP contribution in [-0.2, 0) is 21.8 Å². The van der Waals surface area contributed by atoms with E-state index in [4.69, 9.17) is 0 Å². The van der Waals surface area contributed by atoms with E-state index in [0.29, 0.717) is 3.12 Å². The minimum absolute atomic E-state index is 0.562. The molecule has 61 valence electrons. The summed E-state index contributed by atoms with van der Waals surface area (Å²) in [6.45, 7) is 4.52. The SMILES string of the molecule is CC[C]1([Zr]([CH3])[CH3])C=CC(C)=C1. The van der Waals surface area contributed by atoms with Gasteiger partial charge < -0.3 is 0 Å². The van der Waals surface area contributed by atoms with Gasteiger partial charge in [-0.25, -0.2) is 0 Å². The van der Waals surface area contributed by atoms with Crippen molar-refractivity contribution in [2.75, 3.05) is 0 Å². The third-order valence-electron chi connectivity index (χ3n) is 2.64. The minimum atomic E-state index is -1.09. The van der Waals surface area contributed by atoms with Crippen LogP contribution in [0.4, 0.5) is 0 Å². The molecule has 1 unspecified atom stereocenters. The van der Waals surface area contributed by atoms with E-state index < -0.39 is 21.8 Å². The average molecular weight is 228 g/mol. The maximum absolute atomic E-state index is 2.49. The molecule has 0 nitrogen and oxygen atoms in total. The van der Waals surface area contributed by atoms with Crippen molar-refractivity contribution in [2.45, 2.75) is 32.7 Å². The molecule has 0 spiro atoms. The third kappa shape index (κ3) is 1.75. The first-order valence-corrected chi connectivity index (χ1v) is 10.4. The van der Waals surface area contributed by atoms with Gasteiger partial charge in [0.05, 0.1) is 0 Å². The molecule has 0 aromatic carbocycles. The number of allylic oxidation sites excluding steroid dienone is 4. The van der Waals surface area contributed by atoms with Crippen molar-refractivity contribution in [3.8, 4) is 0 Å². The second kappa shape index (κ2) is 3.39. The van der Waals surface area contributed by atoms with E-state index in [9.17, 15) is 0 Å². The molecule has 0 aliphatic heterocycles. The maximum atomic E-state index is 2.49. The molecule has 1 heteroatoms. The zero-order chi connectivity index (χ0) is 8.48. The van der Waals surface area contributed by atoms with Crippen molar-refractivity contribution in [3.63, 3.8) is 0 Å². The zero-order valence-corrected chi connectivity index (χ0v) is 10.4. The molecule has 11 heavy (non-hydrogen) atoms. The van der Waals surface area contributed by atoms with Gasteiger partial charge >= 0.3 is 78.2 Å².